The lowest BCUT2D eigenvalue weighted by Crippen LogP contribution is -2.54. The first-order valence-corrected chi connectivity index (χ1v) is 11.0. The molecule has 1 aromatic carbocycles. The summed E-state index contributed by atoms with van der Waals surface area (Å²) in [5.41, 5.74) is 8.38. The van der Waals surface area contributed by atoms with E-state index in [1.807, 2.05) is 11.8 Å². The average Bonchev–Trinajstić information content (AvgIpc) is 3.58. The molecule has 0 bridgehead atoms. The minimum atomic E-state index is -0.697. The molecular formula is C23H27FN6O2. The highest BCUT2D eigenvalue weighted by Gasteiger charge is 2.33. The summed E-state index contributed by atoms with van der Waals surface area (Å²) >= 11 is 0. The van der Waals surface area contributed by atoms with Gasteiger partial charge in [-0.2, -0.15) is 0 Å². The Morgan fingerprint density at radius 1 is 1.28 bits per heavy atom. The maximum absolute atomic E-state index is 14.8. The molecule has 1 aliphatic heterocycles. The van der Waals surface area contributed by atoms with Gasteiger partial charge in [0, 0.05) is 38.4 Å². The Kier molecular flexibility index (Phi) is 5.52. The summed E-state index contributed by atoms with van der Waals surface area (Å²) in [7, 11) is 0. The van der Waals surface area contributed by atoms with E-state index in [0.29, 0.717) is 35.7 Å². The van der Waals surface area contributed by atoms with Crippen LogP contribution in [0.5, 0.6) is 11.6 Å². The Morgan fingerprint density at radius 2 is 2.06 bits per heavy atom. The van der Waals surface area contributed by atoms with Crippen LogP contribution in [-0.4, -0.2) is 68.9 Å². The summed E-state index contributed by atoms with van der Waals surface area (Å²) in [4.78, 5) is 28.4. The van der Waals surface area contributed by atoms with Crippen molar-refractivity contribution in [2.75, 3.05) is 26.2 Å². The molecule has 1 amide bonds. The number of aromatic nitrogens is 3. The molecule has 2 fully saturated rings. The van der Waals surface area contributed by atoms with Gasteiger partial charge in [0.15, 0.2) is 11.6 Å². The number of nitrogens with one attached hydrogen (secondary N) is 1. The first kappa shape index (κ1) is 20.8. The van der Waals surface area contributed by atoms with Crippen LogP contribution < -0.4 is 10.5 Å². The summed E-state index contributed by atoms with van der Waals surface area (Å²) < 4.78 is 20.5. The quantitative estimate of drug-likeness (QED) is 0.613. The van der Waals surface area contributed by atoms with E-state index in [9.17, 15) is 9.18 Å². The fourth-order valence-electron chi connectivity index (χ4n) is 4.34. The molecule has 0 spiro atoms. The number of halogens is 1. The number of benzene rings is 1. The molecule has 0 unspecified atom stereocenters. The number of carbonyl (C=O) groups is 1. The fourth-order valence-corrected chi connectivity index (χ4v) is 4.34. The zero-order valence-corrected chi connectivity index (χ0v) is 18.1. The first-order chi connectivity index (χ1) is 15.5. The van der Waals surface area contributed by atoms with E-state index in [1.54, 1.807) is 18.3 Å². The zero-order valence-electron chi connectivity index (χ0n) is 18.1. The monoisotopic (exact) mass is 438 g/mol. The Balaban J connectivity index is 1.23. The molecule has 1 atom stereocenters. The van der Waals surface area contributed by atoms with Gasteiger partial charge in [0.2, 0.25) is 11.8 Å². The molecule has 5 rings (SSSR count). The van der Waals surface area contributed by atoms with Gasteiger partial charge < -0.3 is 20.4 Å². The molecule has 2 aromatic heterocycles. The SMILES string of the molecule is Cc1c[nH]c2ncnc(Oc3ccc(C[C@H](N)C(=O)N4CCN(C5CC5)CC4)cc3F)c12. The molecule has 1 aliphatic carbocycles. The molecule has 0 radical (unpaired) electrons. The molecule has 3 heterocycles. The van der Waals surface area contributed by atoms with Gasteiger partial charge >= 0.3 is 0 Å². The number of piperazine rings is 1. The van der Waals surface area contributed by atoms with Crippen molar-refractivity contribution in [2.24, 2.45) is 5.73 Å². The normalized spacial score (nSPS) is 18.2. The van der Waals surface area contributed by atoms with Gasteiger partial charge in [-0.25, -0.2) is 14.4 Å². The maximum atomic E-state index is 14.8. The number of hydrogen-bond acceptors (Lipinski definition) is 6. The van der Waals surface area contributed by atoms with Gasteiger partial charge in [0.1, 0.15) is 12.0 Å². The van der Waals surface area contributed by atoms with Crippen LogP contribution in [0.3, 0.4) is 0 Å². The second-order valence-corrected chi connectivity index (χ2v) is 8.64. The van der Waals surface area contributed by atoms with Crippen LogP contribution in [0.1, 0.15) is 24.0 Å². The van der Waals surface area contributed by atoms with E-state index in [2.05, 4.69) is 19.9 Å². The van der Waals surface area contributed by atoms with E-state index in [1.165, 1.54) is 25.2 Å². The Bertz CT molecular complexity index is 1140. The van der Waals surface area contributed by atoms with Gasteiger partial charge in [-0.05, 0) is 49.4 Å². The number of aryl methyl sites for hydroxylation is 1. The van der Waals surface area contributed by atoms with Crippen LogP contribution in [0.2, 0.25) is 0 Å². The Morgan fingerprint density at radius 3 is 2.78 bits per heavy atom. The molecule has 168 valence electrons. The summed E-state index contributed by atoms with van der Waals surface area (Å²) in [6.07, 6.45) is 5.98. The van der Waals surface area contributed by atoms with Gasteiger partial charge in [-0.1, -0.05) is 6.07 Å². The van der Waals surface area contributed by atoms with Crippen LogP contribution in [0, 0.1) is 12.7 Å². The van der Waals surface area contributed by atoms with E-state index in [-0.39, 0.29) is 24.0 Å². The average molecular weight is 439 g/mol. The largest absolute Gasteiger partial charge is 0.435 e. The predicted octanol–water partition coefficient (Wildman–Crippen LogP) is 2.37. The van der Waals surface area contributed by atoms with Crippen LogP contribution in [0.15, 0.2) is 30.7 Å². The summed E-state index contributed by atoms with van der Waals surface area (Å²) in [6.45, 7) is 5.12. The third kappa shape index (κ3) is 4.18. The molecular weight excluding hydrogens is 411 g/mol. The van der Waals surface area contributed by atoms with Gasteiger partial charge in [-0.3, -0.25) is 9.69 Å². The van der Waals surface area contributed by atoms with Crippen molar-refractivity contribution in [1.82, 2.24) is 24.8 Å². The number of aromatic amines is 1. The highest BCUT2D eigenvalue weighted by molar-refractivity contribution is 5.84. The van der Waals surface area contributed by atoms with Gasteiger partial charge in [0.05, 0.1) is 11.4 Å². The number of carbonyl (C=O) groups excluding carboxylic acids is 1. The van der Waals surface area contributed by atoms with Crippen molar-refractivity contribution in [3.63, 3.8) is 0 Å². The van der Waals surface area contributed by atoms with E-state index in [0.717, 1.165) is 18.7 Å². The van der Waals surface area contributed by atoms with Crippen LogP contribution in [0.4, 0.5) is 4.39 Å². The lowest BCUT2D eigenvalue weighted by molar-refractivity contribution is -0.134. The van der Waals surface area contributed by atoms with Crippen molar-refractivity contribution < 1.29 is 13.9 Å². The van der Waals surface area contributed by atoms with Gasteiger partial charge in [-0.15, -0.1) is 0 Å². The second kappa shape index (κ2) is 8.48. The standard InChI is InChI=1S/C23H27FN6O2/c1-14-12-26-21-20(14)22(28-13-27-21)32-19-5-2-15(10-17(19)24)11-18(25)23(31)30-8-6-29(7-9-30)16-3-4-16/h2,5,10,12-13,16,18H,3-4,6-9,11,25H2,1H3,(H,26,27,28)/t18-/m0/s1. The minimum Gasteiger partial charge on any atom is -0.435 e. The van der Waals surface area contributed by atoms with Gasteiger partial charge in [0.25, 0.3) is 0 Å². The number of ether oxygens (including phenoxy) is 1. The molecule has 2 aliphatic rings. The zero-order chi connectivity index (χ0) is 22.2. The van der Waals surface area contributed by atoms with E-state index in [4.69, 9.17) is 10.5 Å². The van der Waals surface area contributed by atoms with Crippen molar-refractivity contribution in [1.29, 1.82) is 0 Å². The lowest BCUT2D eigenvalue weighted by atomic mass is 10.0. The number of fused-ring (bicyclic) bond motifs is 1. The molecule has 9 heteroatoms. The summed E-state index contributed by atoms with van der Waals surface area (Å²) in [5, 5.41) is 0.713. The van der Waals surface area contributed by atoms with Crippen molar-refractivity contribution in [3.05, 3.63) is 47.7 Å². The highest BCUT2D eigenvalue weighted by Crippen LogP contribution is 2.31. The number of H-pyrrole nitrogens is 1. The maximum Gasteiger partial charge on any atom is 0.239 e. The molecule has 1 saturated heterocycles. The van der Waals surface area contributed by atoms with Crippen LogP contribution in [0.25, 0.3) is 11.0 Å². The lowest BCUT2D eigenvalue weighted by Gasteiger charge is -2.36. The predicted molar refractivity (Wildman–Crippen MR) is 118 cm³/mol. The number of rotatable bonds is 6. The minimum absolute atomic E-state index is 0.0606. The van der Waals surface area contributed by atoms with Crippen LogP contribution in [-0.2, 0) is 11.2 Å². The highest BCUT2D eigenvalue weighted by atomic mass is 19.1. The smallest absolute Gasteiger partial charge is 0.239 e. The third-order valence-corrected chi connectivity index (χ3v) is 6.30. The number of nitrogens with two attached hydrogens (primary N) is 1. The van der Waals surface area contributed by atoms with E-state index >= 15 is 0 Å². The number of amides is 1. The second-order valence-electron chi connectivity index (χ2n) is 8.64. The van der Waals surface area contributed by atoms with Crippen molar-refractivity contribution in [3.8, 4) is 11.6 Å². The molecule has 8 nitrogen and oxygen atoms in total. The summed E-state index contributed by atoms with van der Waals surface area (Å²) in [5.74, 6) is -0.254. The molecule has 1 saturated carbocycles. The topological polar surface area (TPSA) is 100 Å². The first-order valence-electron chi connectivity index (χ1n) is 11.0. The Labute approximate surface area is 185 Å². The van der Waals surface area contributed by atoms with Crippen molar-refractivity contribution in [2.45, 2.75) is 38.3 Å². The van der Waals surface area contributed by atoms with E-state index < -0.39 is 11.9 Å². The number of hydrogen-bond donors (Lipinski definition) is 2. The van der Waals surface area contributed by atoms with Crippen LogP contribution >= 0.6 is 0 Å². The Hall–Kier alpha value is -3.04. The number of nitrogens with zero attached hydrogens (tertiary/aromatic N) is 4. The third-order valence-electron chi connectivity index (χ3n) is 6.30. The molecule has 3 N–H and O–H groups in total. The summed E-state index contributed by atoms with van der Waals surface area (Å²) in [6, 6.07) is 4.67. The van der Waals surface area contributed by atoms with Crippen molar-refractivity contribution >= 4 is 16.9 Å². The fraction of sp³-hybridized carbons (Fsp3) is 0.435. The molecule has 3 aromatic rings. The molecule has 32 heavy (non-hydrogen) atoms.